The minimum atomic E-state index is -0.144. The molecule has 2 aromatic rings. The molecule has 0 saturated carbocycles. The number of aromatic hydroxyl groups is 1. The smallest absolute Gasteiger partial charge is 0.284 e. The molecule has 0 aliphatic carbocycles. The molecule has 25 heavy (non-hydrogen) atoms. The summed E-state index contributed by atoms with van der Waals surface area (Å²) in [6.45, 7) is 12.7. The van der Waals surface area contributed by atoms with Crippen LogP contribution in [0, 0.1) is 5.21 Å². The predicted molar refractivity (Wildman–Crippen MR) is 105 cm³/mol. The van der Waals surface area contributed by atoms with E-state index in [-0.39, 0.29) is 10.8 Å². The molecule has 0 atom stereocenters. The Bertz CT molecular complexity index is 746. The van der Waals surface area contributed by atoms with Crippen molar-refractivity contribution in [3.8, 4) is 5.75 Å². The van der Waals surface area contributed by atoms with E-state index in [1.54, 1.807) is 12.1 Å². The SMILES string of the molecule is CC(C)(C)c1cc(Cc2ccc([N+]([O-])=S)cc2)cc(C(C)(C)C)c1O. The Kier molecular flexibility index (Phi) is 5.24. The van der Waals surface area contributed by atoms with E-state index < -0.39 is 0 Å². The minimum Gasteiger partial charge on any atom is -0.605 e. The molecule has 0 radical (unpaired) electrons. The zero-order valence-electron chi connectivity index (χ0n) is 15.9. The summed E-state index contributed by atoms with van der Waals surface area (Å²) in [5, 5.41) is 22.0. The van der Waals surface area contributed by atoms with Crippen molar-refractivity contribution in [3.63, 3.8) is 0 Å². The Morgan fingerprint density at radius 1 is 0.880 bits per heavy atom. The van der Waals surface area contributed by atoms with E-state index in [0.717, 1.165) is 28.7 Å². The van der Waals surface area contributed by atoms with Gasteiger partial charge in [0.1, 0.15) is 5.75 Å². The Hall–Kier alpha value is -1.94. The van der Waals surface area contributed by atoms with E-state index >= 15 is 0 Å². The quantitative estimate of drug-likeness (QED) is 0.587. The highest BCUT2D eigenvalue weighted by Crippen LogP contribution is 2.40. The first-order chi connectivity index (χ1) is 11.4. The van der Waals surface area contributed by atoms with Crippen molar-refractivity contribution in [2.24, 2.45) is 0 Å². The number of phenolic OH excluding ortho intramolecular Hbond substituents is 1. The van der Waals surface area contributed by atoms with Crippen molar-refractivity contribution in [1.29, 1.82) is 0 Å². The third-order valence-corrected chi connectivity index (χ3v) is 4.55. The third-order valence-electron chi connectivity index (χ3n) is 4.34. The van der Waals surface area contributed by atoms with Crippen LogP contribution in [-0.2, 0) is 29.7 Å². The van der Waals surface area contributed by atoms with Gasteiger partial charge in [0.05, 0.1) is 0 Å². The predicted octanol–water partition coefficient (Wildman–Crippen LogP) is 5.45. The van der Waals surface area contributed by atoms with Gasteiger partial charge in [-0.1, -0.05) is 69.9 Å². The molecule has 0 amide bonds. The van der Waals surface area contributed by atoms with Crippen molar-refractivity contribution < 1.29 is 9.22 Å². The molecule has 0 heterocycles. The molecule has 0 fully saturated rings. The van der Waals surface area contributed by atoms with Gasteiger partial charge in [0.15, 0.2) is 0 Å². The van der Waals surface area contributed by atoms with Crippen LogP contribution in [0.25, 0.3) is 0 Å². The molecule has 0 spiro atoms. The van der Waals surface area contributed by atoms with E-state index in [9.17, 15) is 10.3 Å². The van der Waals surface area contributed by atoms with Gasteiger partial charge in [-0.05, 0) is 39.5 Å². The molecule has 0 aliphatic rings. The number of phenols is 1. The monoisotopic (exact) mass is 357 g/mol. The lowest BCUT2D eigenvalue weighted by molar-refractivity contribution is -0.325. The fourth-order valence-corrected chi connectivity index (χ4v) is 3.03. The summed E-state index contributed by atoms with van der Waals surface area (Å²) in [7, 11) is 0. The lowest BCUT2D eigenvalue weighted by Gasteiger charge is -2.28. The maximum Gasteiger partial charge on any atom is 0.284 e. The van der Waals surface area contributed by atoms with Crippen LogP contribution in [0.2, 0.25) is 0 Å². The van der Waals surface area contributed by atoms with E-state index in [1.165, 1.54) is 0 Å². The van der Waals surface area contributed by atoms with E-state index in [1.807, 2.05) is 12.1 Å². The summed E-state index contributed by atoms with van der Waals surface area (Å²) in [5.74, 6) is 0.396. The largest absolute Gasteiger partial charge is 0.605 e. The van der Waals surface area contributed by atoms with E-state index in [0.29, 0.717) is 15.5 Å². The number of rotatable bonds is 3. The molecule has 3 nitrogen and oxygen atoms in total. The average molecular weight is 358 g/mol. The summed E-state index contributed by atoms with van der Waals surface area (Å²) in [5.41, 5.74) is 4.36. The molecule has 134 valence electrons. The van der Waals surface area contributed by atoms with Crippen molar-refractivity contribution >= 4 is 18.1 Å². The highest BCUT2D eigenvalue weighted by molar-refractivity contribution is 7.44. The van der Waals surface area contributed by atoms with Gasteiger partial charge in [-0.3, -0.25) is 0 Å². The summed E-state index contributed by atoms with van der Waals surface area (Å²) in [4.78, 5) is 0. The summed E-state index contributed by atoms with van der Waals surface area (Å²) in [6, 6.07) is 11.5. The van der Waals surface area contributed by atoms with Crippen molar-refractivity contribution in [3.05, 3.63) is 63.9 Å². The van der Waals surface area contributed by atoms with E-state index in [2.05, 4.69) is 66.1 Å². The van der Waals surface area contributed by atoms with Crippen LogP contribution in [0.1, 0.15) is 63.8 Å². The minimum absolute atomic E-state index is 0.144. The first-order valence-electron chi connectivity index (χ1n) is 8.50. The summed E-state index contributed by atoms with van der Waals surface area (Å²) >= 11 is 4.60. The Labute approximate surface area is 156 Å². The second kappa shape index (κ2) is 6.75. The van der Waals surface area contributed by atoms with Crippen LogP contribution in [0.15, 0.2) is 36.4 Å². The second-order valence-corrected chi connectivity index (χ2v) is 8.97. The maximum absolute atomic E-state index is 11.2. The van der Waals surface area contributed by atoms with Crippen molar-refractivity contribution in [1.82, 2.24) is 0 Å². The summed E-state index contributed by atoms with van der Waals surface area (Å²) < 4.78 is 0.444. The van der Waals surface area contributed by atoms with Gasteiger partial charge in [-0.15, -0.1) is 0 Å². The molecule has 0 aromatic heterocycles. The molecule has 0 aliphatic heterocycles. The molecule has 2 aromatic carbocycles. The standard InChI is InChI=1S/C21H27NO2S/c1-20(2,3)17-12-15(13-18(19(17)23)21(4,5)6)11-14-7-9-16(10-8-14)22(24)25/h7-10,12-13,23H,11H2,1-6H3. The van der Waals surface area contributed by atoms with Crippen LogP contribution in [0.4, 0.5) is 5.69 Å². The van der Waals surface area contributed by atoms with Gasteiger partial charge in [-0.2, -0.15) is 0 Å². The molecule has 1 N–H and O–H groups in total. The summed E-state index contributed by atoms with van der Waals surface area (Å²) in [6.07, 6.45) is 0.739. The first-order valence-corrected chi connectivity index (χ1v) is 8.86. The van der Waals surface area contributed by atoms with Gasteiger partial charge in [0, 0.05) is 12.1 Å². The highest BCUT2D eigenvalue weighted by atomic mass is 32.1. The zero-order chi connectivity index (χ0) is 19.0. The van der Waals surface area contributed by atoms with Gasteiger partial charge >= 0.3 is 0 Å². The third kappa shape index (κ3) is 4.57. The van der Waals surface area contributed by atoms with Crippen LogP contribution in [0.3, 0.4) is 0 Å². The Balaban J connectivity index is 2.48. The molecule has 0 saturated heterocycles. The molecular weight excluding hydrogens is 330 g/mol. The maximum atomic E-state index is 11.2. The van der Waals surface area contributed by atoms with Crippen LogP contribution < -0.4 is 0 Å². The van der Waals surface area contributed by atoms with Crippen molar-refractivity contribution in [2.45, 2.75) is 58.8 Å². The zero-order valence-corrected chi connectivity index (χ0v) is 16.7. The number of benzene rings is 2. The van der Waals surface area contributed by atoms with Gasteiger partial charge in [0.2, 0.25) is 5.69 Å². The average Bonchev–Trinajstić information content (AvgIpc) is 2.47. The number of nitrogens with zero attached hydrogens (tertiary/aromatic N) is 1. The lowest BCUT2D eigenvalue weighted by Crippen LogP contribution is -2.18. The fourth-order valence-electron chi connectivity index (χ4n) is 2.91. The van der Waals surface area contributed by atoms with Gasteiger partial charge in [-0.25, -0.2) is 0 Å². The lowest BCUT2D eigenvalue weighted by atomic mass is 9.78. The number of hydrogen-bond acceptors (Lipinski definition) is 3. The fraction of sp³-hybridized carbons (Fsp3) is 0.429. The second-order valence-electron chi connectivity index (χ2n) is 8.64. The van der Waals surface area contributed by atoms with Gasteiger partial charge in [0.25, 0.3) is 12.4 Å². The first kappa shape index (κ1) is 19.4. The Morgan fingerprint density at radius 2 is 1.32 bits per heavy atom. The molecule has 4 heteroatoms. The molecular formula is C21H27NO2S. The topological polar surface area (TPSA) is 46.3 Å². The Morgan fingerprint density at radius 3 is 1.68 bits per heavy atom. The molecule has 0 bridgehead atoms. The van der Waals surface area contributed by atoms with Crippen LogP contribution in [0.5, 0.6) is 5.75 Å². The molecule has 2 rings (SSSR count). The van der Waals surface area contributed by atoms with Crippen LogP contribution >= 0.6 is 0 Å². The number of hydrogen-bond donors (Lipinski definition) is 1. The normalized spacial score (nSPS) is 12.2. The van der Waals surface area contributed by atoms with Crippen molar-refractivity contribution in [2.75, 3.05) is 0 Å². The highest BCUT2D eigenvalue weighted by Gasteiger charge is 2.26. The van der Waals surface area contributed by atoms with Crippen LogP contribution in [-0.4, -0.2) is 9.22 Å². The molecule has 0 unspecified atom stereocenters. The van der Waals surface area contributed by atoms with E-state index in [4.69, 9.17) is 0 Å². The van der Waals surface area contributed by atoms with Gasteiger partial charge < -0.3 is 10.3 Å².